The highest BCUT2D eigenvalue weighted by atomic mass is 16.3. The average Bonchev–Trinajstić information content (AvgIpc) is 3.80. The Bertz CT molecular complexity index is 3160. The van der Waals surface area contributed by atoms with E-state index in [4.69, 9.17) is 9.98 Å². The molecule has 6 nitrogen and oxygen atoms in total. The number of hydrogen-bond donors (Lipinski definition) is 2. The summed E-state index contributed by atoms with van der Waals surface area (Å²) >= 11 is 0. The smallest absolute Gasteiger partial charge is 0.124 e. The fourth-order valence-electron chi connectivity index (χ4n) is 9.90. The number of benzene rings is 8. The summed E-state index contributed by atoms with van der Waals surface area (Å²) in [4.78, 5) is 9.49. The van der Waals surface area contributed by atoms with Crippen LogP contribution in [0.25, 0.3) is 77.2 Å². The van der Waals surface area contributed by atoms with Crippen molar-refractivity contribution >= 4 is 56.0 Å². The van der Waals surface area contributed by atoms with Crippen LogP contribution in [0.5, 0.6) is 11.5 Å². The lowest BCUT2D eigenvalue weighted by molar-refractivity contribution is 0.396. The molecule has 0 amide bonds. The molecule has 0 aliphatic rings. The van der Waals surface area contributed by atoms with Gasteiger partial charge in [0.25, 0.3) is 0 Å². The second-order valence-corrected chi connectivity index (χ2v) is 18.3. The van der Waals surface area contributed by atoms with Gasteiger partial charge in [-0.15, -0.1) is 0 Å². The Morgan fingerprint density at radius 3 is 1.05 bits per heavy atom. The van der Waals surface area contributed by atoms with Gasteiger partial charge >= 0.3 is 0 Å². The van der Waals surface area contributed by atoms with Gasteiger partial charge in [0.15, 0.2) is 0 Å². The summed E-state index contributed by atoms with van der Waals surface area (Å²) in [7, 11) is 0. The van der Waals surface area contributed by atoms with E-state index in [9.17, 15) is 10.2 Å². The molecule has 2 heterocycles. The zero-order valence-electron chi connectivity index (χ0n) is 37.8. The van der Waals surface area contributed by atoms with Crippen LogP contribution in [-0.2, 0) is 0 Å². The summed E-state index contributed by atoms with van der Waals surface area (Å²) in [6, 6.07) is 54.9. The zero-order chi connectivity index (χ0) is 45.0. The van der Waals surface area contributed by atoms with E-state index < -0.39 is 0 Å². The largest absolute Gasteiger partial charge is 0.507 e. The Balaban J connectivity index is 0.810. The van der Waals surface area contributed by atoms with E-state index in [1.807, 2.05) is 24.3 Å². The van der Waals surface area contributed by atoms with Gasteiger partial charge in [-0.25, -0.2) is 0 Å². The van der Waals surface area contributed by atoms with Crippen LogP contribution in [-0.4, -0.2) is 44.9 Å². The molecule has 2 N–H and O–H groups in total. The number of aryl methyl sites for hydroxylation is 4. The van der Waals surface area contributed by atoms with Crippen LogP contribution in [0.4, 0.5) is 0 Å². The highest BCUT2D eigenvalue weighted by Crippen LogP contribution is 2.39. The number of phenolic OH excluding ortho intramolecular Hbond substituents is 2. The van der Waals surface area contributed by atoms with Gasteiger partial charge in [-0.05, 0) is 145 Å². The van der Waals surface area contributed by atoms with Gasteiger partial charge in [0.2, 0.25) is 0 Å². The van der Waals surface area contributed by atoms with Gasteiger partial charge < -0.3 is 19.3 Å². The topological polar surface area (TPSA) is 75.0 Å². The number of aliphatic imine (C=N–C) groups is 2. The first-order valence-corrected chi connectivity index (χ1v) is 22.3. The quantitative estimate of drug-likeness (QED) is 0.135. The van der Waals surface area contributed by atoms with E-state index in [-0.39, 0.29) is 16.9 Å². The normalized spacial score (nSPS) is 12.3. The Labute approximate surface area is 380 Å². The molecular weight excluding hydrogens is 797 g/mol. The minimum Gasteiger partial charge on any atom is -0.507 e. The maximum Gasteiger partial charge on any atom is 0.124 e. The maximum atomic E-state index is 11.2. The van der Waals surface area contributed by atoms with Gasteiger partial charge in [0.05, 0.1) is 22.1 Å². The van der Waals surface area contributed by atoms with Crippen LogP contribution >= 0.6 is 0 Å². The maximum absolute atomic E-state index is 11.2. The first-order valence-electron chi connectivity index (χ1n) is 22.3. The first-order chi connectivity index (χ1) is 31.5. The minimum absolute atomic E-state index is 0.191. The van der Waals surface area contributed by atoms with E-state index in [2.05, 4.69) is 184 Å². The van der Waals surface area contributed by atoms with Crippen molar-refractivity contribution in [2.75, 3.05) is 13.1 Å². The third-order valence-corrected chi connectivity index (χ3v) is 12.8. The van der Waals surface area contributed by atoms with Gasteiger partial charge in [-0.3, -0.25) is 9.98 Å². The third-order valence-electron chi connectivity index (χ3n) is 12.8. The molecule has 0 saturated heterocycles. The lowest BCUT2D eigenvalue weighted by Gasteiger charge is -2.19. The molecule has 0 spiro atoms. The number of phenols is 2. The number of para-hydroxylation sites is 4. The summed E-state index contributed by atoms with van der Waals surface area (Å²) in [5, 5.41) is 27.4. The van der Waals surface area contributed by atoms with Crippen molar-refractivity contribution < 1.29 is 10.2 Å². The molecule has 320 valence electrons. The van der Waals surface area contributed by atoms with E-state index in [0.717, 1.165) is 55.9 Å². The van der Waals surface area contributed by atoms with Crippen LogP contribution in [0.2, 0.25) is 0 Å². The fourth-order valence-corrected chi connectivity index (χ4v) is 9.90. The van der Waals surface area contributed by atoms with E-state index in [0.29, 0.717) is 24.2 Å². The third kappa shape index (κ3) is 7.55. The van der Waals surface area contributed by atoms with Crippen molar-refractivity contribution in [3.63, 3.8) is 0 Å². The van der Waals surface area contributed by atoms with Crippen molar-refractivity contribution in [2.45, 2.75) is 41.5 Å². The Morgan fingerprint density at radius 2 is 0.738 bits per heavy atom. The molecule has 2 aromatic heterocycles. The number of aromatic nitrogens is 2. The molecule has 65 heavy (non-hydrogen) atoms. The minimum atomic E-state index is -0.253. The summed E-state index contributed by atoms with van der Waals surface area (Å²) < 4.78 is 4.69. The predicted molar refractivity (Wildman–Crippen MR) is 273 cm³/mol. The van der Waals surface area contributed by atoms with Crippen LogP contribution in [0.3, 0.4) is 0 Å². The van der Waals surface area contributed by atoms with Crippen LogP contribution in [0.15, 0.2) is 168 Å². The molecule has 0 atom stereocenters. The van der Waals surface area contributed by atoms with Crippen LogP contribution in [0, 0.1) is 33.1 Å². The van der Waals surface area contributed by atoms with Crippen molar-refractivity contribution in [3.05, 3.63) is 191 Å². The van der Waals surface area contributed by atoms with Crippen LogP contribution < -0.4 is 0 Å². The van der Waals surface area contributed by atoms with E-state index >= 15 is 0 Å². The van der Waals surface area contributed by atoms with Crippen LogP contribution in [0.1, 0.15) is 47.2 Å². The standard InChI is InChI=1S/C59H52N4O2/c1-37-27-45(62-51-19-11-7-15-47(51)48-16-8-12-20-52(48)62)28-38(2)57(37)41-23-25-43(55(64)31-41)33-60-35-59(5,6)36-61-34-44-26-24-42(32-56(44)65)58-39(3)29-46(30-40(58)4)63-53-21-13-9-17-49(53)50-18-10-14-22-54(50)63/h7-34,64-65H,35-36H2,1-6H3. The number of aromatic hydroxyl groups is 2. The molecular formula is C59H52N4O2. The molecule has 8 aromatic carbocycles. The SMILES string of the molecule is Cc1cc(-n2c3ccccc3c3ccccc32)cc(C)c1-c1ccc(C=NCC(C)(C)CN=Cc2ccc(-c3c(C)cc(-n4c5ccccc5c5ccccc54)cc3C)cc2O)c(O)c1. The Hall–Kier alpha value is -7.70. The first kappa shape index (κ1) is 41.3. The summed E-state index contributed by atoms with van der Waals surface area (Å²) in [6.07, 6.45) is 3.50. The molecule has 10 rings (SSSR count). The van der Waals surface area contributed by atoms with Gasteiger partial charge in [-0.2, -0.15) is 0 Å². The molecule has 6 heteroatoms. The Morgan fingerprint density at radius 1 is 0.431 bits per heavy atom. The lowest BCUT2D eigenvalue weighted by atomic mass is 9.93. The Kier molecular flexibility index (Phi) is 10.5. The molecule has 0 unspecified atom stereocenters. The number of nitrogens with zero attached hydrogens (tertiary/aromatic N) is 4. The van der Waals surface area contributed by atoms with Crippen molar-refractivity contribution in [1.29, 1.82) is 0 Å². The molecule has 0 aliphatic heterocycles. The molecule has 0 fully saturated rings. The molecule has 0 bridgehead atoms. The van der Waals surface area contributed by atoms with Gasteiger partial charge in [-0.1, -0.05) is 98.8 Å². The highest BCUT2D eigenvalue weighted by molar-refractivity contribution is 6.10. The molecule has 0 aliphatic carbocycles. The number of rotatable bonds is 10. The highest BCUT2D eigenvalue weighted by Gasteiger charge is 2.19. The zero-order valence-corrected chi connectivity index (χ0v) is 37.8. The van der Waals surface area contributed by atoms with E-state index in [1.54, 1.807) is 12.4 Å². The summed E-state index contributed by atoms with van der Waals surface area (Å²) in [6.45, 7) is 13.8. The molecule has 0 saturated carbocycles. The monoisotopic (exact) mass is 848 g/mol. The predicted octanol–water partition coefficient (Wildman–Crippen LogP) is 14.4. The molecule has 10 aromatic rings. The average molecular weight is 849 g/mol. The summed E-state index contributed by atoms with van der Waals surface area (Å²) in [5.41, 5.74) is 16.8. The number of hydrogen-bond acceptors (Lipinski definition) is 4. The van der Waals surface area contributed by atoms with Crippen molar-refractivity contribution in [1.82, 2.24) is 9.13 Å². The molecule has 0 radical (unpaired) electrons. The fraction of sp³-hybridized carbons (Fsp3) is 0.153. The summed E-state index contributed by atoms with van der Waals surface area (Å²) in [5.74, 6) is 0.381. The second-order valence-electron chi connectivity index (χ2n) is 18.3. The van der Waals surface area contributed by atoms with E-state index in [1.165, 1.54) is 43.6 Å². The van der Waals surface area contributed by atoms with Gasteiger partial charge in [0.1, 0.15) is 11.5 Å². The van der Waals surface area contributed by atoms with Gasteiger partial charge in [0, 0.05) is 75.0 Å². The van der Waals surface area contributed by atoms with Crippen molar-refractivity contribution in [2.24, 2.45) is 15.4 Å². The second kappa shape index (κ2) is 16.5. The van der Waals surface area contributed by atoms with Crippen molar-refractivity contribution in [3.8, 4) is 45.1 Å². The number of fused-ring (bicyclic) bond motifs is 6. The lowest BCUT2D eigenvalue weighted by Crippen LogP contribution is -2.19.